The third-order valence-corrected chi connectivity index (χ3v) is 4.80. The van der Waals surface area contributed by atoms with Crippen LogP contribution in [0.2, 0.25) is 0 Å². The van der Waals surface area contributed by atoms with Gasteiger partial charge in [0, 0.05) is 26.2 Å². The summed E-state index contributed by atoms with van der Waals surface area (Å²) in [6.07, 6.45) is 0. The quantitative estimate of drug-likeness (QED) is 0.144. The van der Waals surface area contributed by atoms with Gasteiger partial charge in [0.15, 0.2) is 0 Å². The van der Waals surface area contributed by atoms with E-state index in [0.717, 1.165) is 0 Å². The summed E-state index contributed by atoms with van der Waals surface area (Å²) < 4.78 is 1.83. The Hall–Kier alpha value is 0.800. The molecule has 0 unspecified atom stereocenters. The molecule has 4 N–H and O–H groups in total. The van der Waals surface area contributed by atoms with Crippen molar-refractivity contribution in [2.75, 3.05) is 43.9 Å². The lowest BCUT2D eigenvalue weighted by atomic mass is 10.5. The van der Waals surface area contributed by atoms with Gasteiger partial charge in [-0.15, -0.1) is 0 Å². The molecule has 0 fully saturated rings. The molecule has 0 aliphatic heterocycles. The summed E-state index contributed by atoms with van der Waals surface area (Å²) in [4.78, 5) is 42.8. The second-order valence-electron chi connectivity index (χ2n) is 3.93. The number of amides is 4. The number of nitrogens with one attached hydrogen (secondary N) is 4. The van der Waals surface area contributed by atoms with E-state index in [1.807, 2.05) is 90.4 Å². The Morgan fingerprint density at radius 3 is 0.750 bits per heavy atom. The van der Waals surface area contributed by atoms with Crippen molar-refractivity contribution in [3.63, 3.8) is 0 Å². The maximum Gasteiger partial charge on any atom is 0.229 e. The molecule has 0 atom stereocenters. The lowest BCUT2D eigenvalue weighted by Crippen LogP contribution is -2.35. The van der Waals surface area contributed by atoms with Gasteiger partial charge in [0.2, 0.25) is 23.6 Å². The van der Waals surface area contributed by atoms with Gasteiger partial charge >= 0.3 is 0 Å². The minimum Gasteiger partial charge on any atom is -0.354 e. The predicted molar refractivity (Wildman–Crippen MR) is 128 cm³/mol. The largest absolute Gasteiger partial charge is 0.354 e. The van der Waals surface area contributed by atoms with Crippen molar-refractivity contribution < 1.29 is 19.2 Å². The van der Waals surface area contributed by atoms with Crippen LogP contribution in [0.5, 0.6) is 0 Å². The topological polar surface area (TPSA) is 116 Å². The average Bonchev–Trinajstić information content (AvgIpc) is 2.61. The van der Waals surface area contributed by atoms with Gasteiger partial charge in [-0.3, -0.25) is 19.2 Å². The molecule has 0 aromatic heterocycles. The molecule has 0 aromatic carbocycles. The van der Waals surface area contributed by atoms with Crippen molar-refractivity contribution >= 4 is 114 Å². The Kier molecular flexibility index (Phi) is 22.6. The van der Waals surface area contributed by atoms with E-state index in [4.69, 9.17) is 0 Å². The van der Waals surface area contributed by atoms with E-state index >= 15 is 0 Å². The van der Waals surface area contributed by atoms with Gasteiger partial charge in [-0.2, -0.15) is 0 Å². The highest BCUT2D eigenvalue weighted by Crippen LogP contribution is 1.81. The monoisotopic (exact) mass is 792 g/mol. The van der Waals surface area contributed by atoms with Crippen LogP contribution in [0, 0.1) is 0 Å². The molecule has 0 aliphatic carbocycles. The molecule has 0 heterocycles. The number of hydrogen-bond acceptors (Lipinski definition) is 4. The second kappa shape index (κ2) is 20.1. The summed E-state index contributed by atoms with van der Waals surface area (Å²) in [5.74, 6) is -0.00251. The van der Waals surface area contributed by atoms with Crippen LogP contribution in [0.4, 0.5) is 0 Å². The number of halogens is 4. The fraction of sp³-hybridized carbons (Fsp3) is 0.667. The first kappa shape index (κ1) is 27.0. The summed E-state index contributed by atoms with van der Waals surface area (Å²) in [6, 6.07) is 0. The molecule has 0 radical (unpaired) electrons. The highest BCUT2D eigenvalue weighted by molar-refractivity contribution is 14.1. The van der Waals surface area contributed by atoms with Crippen molar-refractivity contribution in [1.29, 1.82) is 0 Å². The van der Waals surface area contributed by atoms with Gasteiger partial charge < -0.3 is 21.3 Å². The van der Waals surface area contributed by atoms with E-state index in [9.17, 15) is 19.2 Å². The van der Waals surface area contributed by atoms with E-state index in [2.05, 4.69) is 21.3 Å². The lowest BCUT2D eigenvalue weighted by Gasteiger charge is -2.03. The molecule has 0 saturated carbocycles. The zero-order valence-electron chi connectivity index (χ0n) is 12.8. The van der Waals surface area contributed by atoms with Gasteiger partial charge in [-0.1, -0.05) is 90.4 Å². The zero-order chi connectivity index (χ0) is 18.8. The summed E-state index contributed by atoms with van der Waals surface area (Å²) in [7, 11) is 0. The van der Waals surface area contributed by atoms with Crippen LogP contribution in [-0.2, 0) is 19.2 Å². The third kappa shape index (κ3) is 20.8. The number of alkyl halides is 4. The highest BCUT2D eigenvalue weighted by Gasteiger charge is 1.99. The van der Waals surface area contributed by atoms with Crippen molar-refractivity contribution in [1.82, 2.24) is 21.3 Å². The standard InChI is InChI=1S/2C6H10I2N2O2/c2*7-3-5(11)9-1-2-10-6(12)4-8/h2*1-4H2,(H,9,11)(H,10,12). The molecule has 0 aromatic rings. The fourth-order valence-corrected chi connectivity index (χ4v) is 2.08. The molecule has 0 spiro atoms. The van der Waals surface area contributed by atoms with Crippen LogP contribution in [-0.4, -0.2) is 67.5 Å². The molecule has 140 valence electrons. The van der Waals surface area contributed by atoms with Crippen LogP contribution in [0.25, 0.3) is 0 Å². The Morgan fingerprint density at radius 2 is 0.625 bits per heavy atom. The summed E-state index contributed by atoms with van der Waals surface area (Å²) in [5.41, 5.74) is 0. The van der Waals surface area contributed by atoms with Crippen molar-refractivity contribution in [2.24, 2.45) is 0 Å². The molecule has 8 nitrogen and oxygen atoms in total. The van der Waals surface area contributed by atoms with Crippen LogP contribution >= 0.6 is 90.4 Å². The van der Waals surface area contributed by atoms with Gasteiger partial charge in [-0.25, -0.2) is 0 Å². The van der Waals surface area contributed by atoms with Crippen molar-refractivity contribution in [3.05, 3.63) is 0 Å². The molecule has 0 saturated heterocycles. The fourth-order valence-electron chi connectivity index (χ4n) is 0.997. The molecule has 0 bridgehead atoms. The average molecular weight is 792 g/mol. The number of carbonyl (C=O) groups is 4. The van der Waals surface area contributed by atoms with Crippen LogP contribution in [0.15, 0.2) is 0 Å². The van der Waals surface area contributed by atoms with Crippen LogP contribution in [0.3, 0.4) is 0 Å². The molecule has 12 heteroatoms. The summed E-state index contributed by atoms with van der Waals surface area (Å²) in [6.45, 7) is 2.02. The second-order valence-corrected chi connectivity index (χ2v) is 6.99. The van der Waals surface area contributed by atoms with Crippen molar-refractivity contribution in [3.8, 4) is 0 Å². The van der Waals surface area contributed by atoms with Gasteiger partial charge in [0.1, 0.15) is 0 Å². The van der Waals surface area contributed by atoms with E-state index < -0.39 is 0 Å². The summed E-state index contributed by atoms with van der Waals surface area (Å²) >= 11 is 7.94. The number of rotatable bonds is 10. The van der Waals surface area contributed by atoms with Crippen molar-refractivity contribution in [2.45, 2.75) is 0 Å². The Morgan fingerprint density at radius 1 is 0.458 bits per heavy atom. The molecular formula is C12H20I4N4O4. The first-order chi connectivity index (χ1) is 11.4. The zero-order valence-corrected chi connectivity index (χ0v) is 21.4. The summed E-state index contributed by atoms with van der Waals surface area (Å²) in [5, 5.41) is 10.6. The molecular weight excluding hydrogens is 772 g/mol. The van der Waals surface area contributed by atoms with Gasteiger partial charge in [0.05, 0.1) is 17.7 Å². The maximum atomic E-state index is 10.7. The minimum atomic E-state index is -0.000627. The molecule has 24 heavy (non-hydrogen) atoms. The Balaban J connectivity index is 0. The normalized spacial score (nSPS) is 9.17. The third-order valence-electron chi connectivity index (χ3n) is 2.02. The lowest BCUT2D eigenvalue weighted by molar-refractivity contribution is -0.120. The SMILES string of the molecule is O=C(CI)NCCNC(=O)CI.O=C(CI)NCCNC(=O)CI. The highest BCUT2D eigenvalue weighted by atomic mass is 127. The predicted octanol–water partition coefficient (Wildman–Crippen LogP) is 0.178. The molecule has 0 aliphatic rings. The molecule has 4 amide bonds. The first-order valence-electron chi connectivity index (χ1n) is 6.71. The number of carbonyl (C=O) groups excluding carboxylic acids is 4. The Bertz CT molecular complexity index is 327. The Labute approximate surface area is 196 Å². The minimum absolute atomic E-state index is 0.000627. The maximum absolute atomic E-state index is 10.7. The van der Waals surface area contributed by atoms with E-state index in [1.165, 1.54) is 0 Å². The smallest absolute Gasteiger partial charge is 0.229 e. The van der Waals surface area contributed by atoms with Gasteiger partial charge in [-0.05, 0) is 0 Å². The first-order valence-corrected chi connectivity index (χ1v) is 12.8. The number of hydrogen-bond donors (Lipinski definition) is 4. The van der Waals surface area contributed by atoms with E-state index in [-0.39, 0.29) is 23.6 Å². The van der Waals surface area contributed by atoms with Crippen LogP contribution < -0.4 is 21.3 Å². The molecule has 0 rings (SSSR count). The van der Waals surface area contributed by atoms with Gasteiger partial charge in [0.25, 0.3) is 0 Å². The van der Waals surface area contributed by atoms with Crippen LogP contribution in [0.1, 0.15) is 0 Å². The van der Waals surface area contributed by atoms with E-state index in [1.54, 1.807) is 0 Å². The van der Waals surface area contributed by atoms with E-state index in [0.29, 0.717) is 43.9 Å².